The molecule has 0 fully saturated rings. The molecular formula is H4LaNdO2. The zero-order valence-electron chi connectivity index (χ0n) is 2.08. The van der Waals surface area contributed by atoms with Crippen molar-refractivity contribution in [1.29, 1.82) is 0 Å². The van der Waals surface area contributed by atoms with E-state index in [2.05, 4.69) is 0 Å². The van der Waals surface area contributed by atoms with E-state index in [9.17, 15) is 0 Å². The second kappa shape index (κ2) is 17.9. The molecule has 0 aromatic carbocycles. The molecule has 0 bridgehead atoms. The molecule has 0 rings (SSSR count). The second-order valence-electron chi connectivity index (χ2n) is 0. The van der Waals surface area contributed by atoms with E-state index >= 15 is 0 Å². The van der Waals surface area contributed by atoms with E-state index in [4.69, 9.17) is 0 Å². The molecule has 0 aromatic rings. The van der Waals surface area contributed by atoms with Crippen molar-refractivity contribution in [2.75, 3.05) is 0 Å². The molecule has 0 spiro atoms. The Labute approximate surface area is 85.5 Å². The van der Waals surface area contributed by atoms with Gasteiger partial charge in [0.25, 0.3) is 0 Å². The van der Waals surface area contributed by atoms with Gasteiger partial charge in [-0.15, -0.1) is 0 Å². The molecule has 0 atom stereocenters. The van der Waals surface area contributed by atoms with Gasteiger partial charge in [0.15, 0.2) is 0 Å². The molecule has 0 unspecified atom stereocenters. The molecule has 0 saturated carbocycles. The first-order chi connectivity index (χ1) is 0. The Bertz CT molecular complexity index is 6.00. The van der Waals surface area contributed by atoms with Crippen LogP contribution in [0.2, 0.25) is 0 Å². The minimum Gasteiger partial charge on any atom is -0.412 e. The average molecular weight is 319 g/mol. The molecule has 0 saturated heterocycles. The Kier molecular flexibility index (Phi) is 142. The third kappa shape index (κ3) is 8.82. The first-order valence-corrected chi connectivity index (χ1v) is 0. The Morgan fingerprint density at radius 3 is 0.750 bits per heavy atom. The van der Waals surface area contributed by atoms with E-state index in [0.717, 1.165) is 0 Å². The molecule has 0 aliphatic carbocycles. The summed E-state index contributed by atoms with van der Waals surface area (Å²) in [4.78, 5) is 0. The SMILES string of the molecule is O.O.[La].[Nd]. The molecule has 0 heterocycles. The van der Waals surface area contributed by atoms with Crippen molar-refractivity contribution in [2.24, 2.45) is 0 Å². The second-order valence-corrected chi connectivity index (χ2v) is 0. The molecule has 0 aromatic heterocycles. The summed E-state index contributed by atoms with van der Waals surface area (Å²) in [6.45, 7) is 0. The van der Waals surface area contributed by atoms with Crippen LogP contribution in [0, 0.1) is 76.4 Å². The third-order valence-electron chi connectivity index (χ3n) is 0. The van der Waals surface area contributed by atoms with Crippen LogP contribution < -0.4 is 0 Å². The van der Waals surface area contributed by atoms with Crippen molar-refractivity contribution < 1.29 is 87.4 Å². The van der Waals surface area contributed by atoms with Crippen LogP contribution in [-0.2, 0) is 0 Å². The number of rotatable bonds is 0. The summed E-state index contributed by atoms with van der Waals surface area (Å²) in [5.74, 6) is 0. The minimum absolute atomic E-state index is 0. The van der Waals surface area contributed by atoms with Gasteiger partial charge in [0.1, 0.15) is 0 Å². The summed E-state index contributed by atoms with van der Waals surface area (Å²) in [7, 11) is 0. The fraction of sp³-hybridized carbons (Fsp3) is 0. The fourth-order valence-corrected chi connectivity index (χ4v) is 0. The molecule has 4 N–H and O–H groups in total. The van der Waals surface area contributed by atoms with Crippen molar-refractivity contribution in [2.45, 2.75) is 0 Å². The van der Waals surface area contributed by atoms with E-state index in [0.29, 0.717) is 0 Å². The number of hydrogen-bond donors (Lipinski definition) is 0. The topological polar surface area (TPSA) is 63.0 Å². The monoisotopic (exact) mass is 317 g/mol. The molecule has 23 valence electrons. The van der Waals surface area contributed by atoms with Crippen LogP contribution >= 0.6 is 0 Å². The van der Waals surface area contributed by atoms with E-state index < -0.39 is 0 Å². The summed E-state index contributed by atoms with van der Waals surface area (Å²) in [5, 5.41) is 0. The maximum Gasteiger partial charge on any atom is 0 e. The zero-order chi connectivity index (χ0) is 0. The number of hydrogen-bond acceptors (Lipinski definition) is 0. The van der Waals surface area contributed by atoms with Gasteiger partial charge in [-0.2, -0.15) is 0 Å². The maximum absolute atomic E-state index is 0. The third-order valence-corrected chi connectivity index (χ3v) is 0. The van der Waals surface area contributed by atoms with Gasteiger partial charge in [-0.25, -0.2) is 0 Å². The molecule has 4 heteroatoms. The van der Waals surface area contributed by atoms with Crippen LogP contribution in [0.1, 0.15) is 0 Å². The van der Waals surface area contributed by atoms with Crippen LogP contribution in [-0.4, -0.2) is 11.0 Å². The molecule has 0 amide bonds. The van der Waals surface area contributed by atoms with E-state index in [1.54, 1.807) is 0 Å². The largest absolute Gasteiger partial charge is 0.412 e. The van der Waals surface area contributed by atoms with Gasteiger partial charge in [-0.05, 0) is 0 Å². The van der Waals surface area contributed by atoms with Gasteiger partial charge in [0.2, 0.25) is 0 Å². The van der Waals surface area contributed by atoms with Gasteiger partial charge in [0.05, 0.1) is 0 Å². The maximum atomic E-state index is 0. The standard InChI is InChI=1S/La.Nd.2H2O/h;;2*1H2. The Balaban J connectivity index is 0. The van der Waals surface area contributed by atoms with Gasteiger partial charge in [0, 0.05) is 76.4 Å². The van der Waals surface area contributed by atoms with E-state index in [1.165, 1.54) is 0 Å². The van der Waals surface area contributed by atoms with Crippen LogP contribution in [0.15, 0.2) is 0 Å². The van der Waals surface area contributed by atoms with Crippen molar-refractivity contribution in [3.8, 4) is 0 Å². The van der Waals surface area contributed by atoms with Gasteiger partial charge >= 0.3 is 0 Å². The predicted molar refractivity (Wildman–Crippen MR) is 7.23 cm³/mol. The summed E-state index contributed by atoms with van der Waals surface area (Å²) in [6, 6.07) is 0. The zero-order valence-corrected chi connectivity index (χ0v) is 8.91. The smallest absolute Gasteiger partial charge is 0 e. The van der Waals surface area contributed by atoms with Gasteiger partial charge in [-0.3, -0.25) is 0 Å². The first-order valence-electron chi connectivity index (χ1n) is 0. The van der Waals surface area contributed by atoms with Crippen molar-refractivity contribution in [1.82, 2.24) is 0 Å². The Morgan fingerprint density at radius 1 is 0.750 bits per heavy atom. The van der Waals surface area contributed by atoms with Gasteiger partial charge < -0.3 is 11.0 Å². The van der Waals surface area contributed by atoms with Crippen molar-refractivity contribution in [3.05, 3.63) is 0 Å². The van der Waals surface area contributed by atoms with Crippen LogP contribution in [0.3, 0.4) is 0 Å². The summed E-state index contributed by atoms with van der Waals surface area (Å²) in [5.41, 5.74) is 0. The Morgan fingerprint density at radius 2 is 0.750 bits per heavy atom. The van der Waals surface area contributed by atoms with Gasteiger partial charge in [-0.1, -0.05) is 0 Å². The first kappa shape index (κ1) is 31.8. The molecule has 2 nitrogen and oxygen atoms in total. The van der Waals surface area contributed by atoms with E-state index in [1.807, 2.05) is 0 Å². The van der Waals surface area contributed by atoms with Crippen LogP contribution in [0.25, 0.3) is 0 Å². The predicted octanol–water partition coefficient (Wildman–Crippen LogP) is -1.65. The van der Waals surface area contributed by atoms with Crippen LogP contribution in [0.5, 0.6) is 0 Å². The molecule has 0 aliphatic rings. The van der Waals surface area contributed by atoms with E-state index in [-0.39, 0.29) is 87.4 Å². The Hall–Kier alpha value is 2.47. The molecule has 4 heavy (non-hydrogen) atoms. The molecular weight excluding hydrogens is 315 g/mol. The molecule has 1 radical (unpaired) electrons. The molecule has 0 aliphatic heterocycles. The summed E-state index contributed by atoms with van der Waals surface area (Å²) >= 11 is 0. The summed E-state index contributed by atoms with van der Waals surface area (Å²) in [6.07, 6.45) is 0. The van der Waals surface area contributed by atoms with Crippen LogP contribution in [0.4, 0.5) is 0 Å². The fourth-order valence-electron chi connectivity index (χ4n) is 0. The summed E-state index contributed by atoms with van der Waals surface area (Å²) < 4.78 is 0. The minimum atomic E-state index is 0. The quantitative estimate of drug-likeness (QED) is 0.514. The normalized spacial score (nSPS) is 0. The van der Waals surface area contributed by atoms with Crippen molar-refractivity contribution in [3.63, 3.8) is 0 Å². The average Bonchev–Trinajstić information content (AvgIpc) is 0. The van der Waals surface area contributed by atoms with Crippen molar-refractivity contribution >= 4 is 0 Å².